The fourth-order valence-corrected chi connectivity index (χ4v) is 3.88. The van der Waals surface area contributed by atoms with Gasteiger partial charge in [-0.1, -0.05) is 60.3 Å². The Morgan fingerprint density at radius 1 is 0.880 bits per heavy atom. The fraction of sp³-hybridized carbons (Fsp3) is 0. The maximum absolute atomic E-state index is 11.1. The first-order valence-corrected chi connectivity index (χ1v) is 8.62. The Kier molecular flexibility index (Phi) is 3.99. The molecule has 5 heteroatoms. The van der Waals surface area contributed by atoms with Gasteiger partial charge in [0.05, 0.1) is 16.1 Å². The van der Waals surface area contributed by atoms with E-state index in [1.54, 1.807) is 23.9 Å². The minimum atomic E-state index is -0.369. The van der Waals surface area contributed by atoms with Crippen LogP contribution < -0.4 is 0 Å². The average Bonchev–Trinajstić information content (AvgIpc) is 3.01. The zero-order valence-corrected chi connectivity index (χ0v) is 14.0. The molecule has 0 spiro atoms. The standard InChI is InChI=1S/C20H14N2O2S/c23-22(24)15-11-12-17-18(13-15)21-19(14-7-3-1-4-8-14)20(17)25-16-9-5-2-6-10-16/h1-13,21H. The molecule has 3 aromatic carbocycles. The largest absolute Gasteiger partial charge is 0.353 e. The molecular weight excluding hydrogens is 332 g/mol. The molecule has 0 radical (unpaired) electrons. The monoisotopic (exact) mass is 346 g/mol. The van der Waals surface area contributed by atoms with Crippen LogP contribution in [0.4, 0.5) is 5.69 Å². The maximum atomic E-state index is 11.1. The van der Waals surface area contributed by atoms with Crippen molar-refractivity contribution in [3.8, 4) is 11.3 Å². The van der Waals surface area contributed by atoms with Crippen LogP contribution in [0.5, 0.6) is 0 Å². The van der Waals surface area contributed by atoms with Crippen LogP contribution in [0, 0.1) is 10.1 Å². The van der Waals surface area contributed by atoms with Gasteiger partial charge >= 0.3 is 0 Å². The van der Waals surface area contributed by atoms with Gasteiger partial charge in [0, 0.05) is 27.3 Å². The molecule has 0 bridgehead atoms. The second-order valence-corrected chi connectivity index (χ2v) is 6.68. The Bertz CT molecular complexity index is 1040. The SMILES string of the molecule is O=[N+]([O-])c1ccc2c(Sc3ccccc3)c(-c3ccccc3)[nH]c2c1. The molecule has 0 saturated heterocycles. The summed E-state index contributed by atoms with van der Waals surface area (Å²) in [5.41, 5.74) is 2.89. The summed E-state index contributed by atoms with van der Waals surface area (Å²) in [6.07, 6.45) is 0. The molecule has 25 heavy (non-hydrogen) atoms. The van der Waals surface area contributed by atoms with Gasteiger partial charge < -0.3 is 4.98 Å². The summed E-state index contributed by atoms with van der Waals surface area (Å²) < 4.78 is 0. The van der Waals surface area contributed by atoms with Gasteiger partial charge in [0.15, 0.2) is 0 Å². The third kappa shape index (κ3) is 3.02. The lowest BCUT2D eigenvalue weighted by Crippen LogP contribution is -1.86. The molecule has 0 amide bonds. The number of rotatable bonds is 4. The maximum Gasteiger partial charge on any atom is 0.271 e. The molecule has 0 fully saturated rings. The van der Waals surface area contributed by atoms with Crippen molar-refractivity contribution in [2.45, 2.75) is 9.79 Å². The summed E-state index contributed by atoms with van der Waals surface area (Å²) in [6.45, 7) is 0. The number of nitro groups is 1. The van der Waals surface area contributed by atoms with Crippen molar-refractivity contribution in [3.63, 3.8) is 0 Å². The molecule has 4 aromatic rings. The van der Waals surface area contributed by atoms with Crippen molar-refractivity contribution >= 4 is 28.4 Å². The first-order chi connectivity index (χ1) is 12.2. The van der Waals surface area contributed by atoms with Crippen molar-refractivity contribution < 1.29 is 4.92 Å². The normalized spacial score (nSPS) is 10.9. The predicted octanol–water partition coefficient (Wildman–Crippen LogP) is 5.89. The fourth-order valence-electron chi connectivity index (χ4n) is 2.79. The van der Waals surface area contributed by atoms with E-state index < -0.39 is 0 Å². The number of benzene rings is 3. The van der Waals surface area contributed by atoms with Crippen LogP contribution in [0.3, 0.4) is 0 Å². The van der Waals surface area contributed by atoms with Crippen molar-refractivity contribution in [1.29, 1.82) is 0 Å². The van der Waals surface area contributed by atoms with Gasteiger partial charge in [0.2, 0.25) is 0 Å². The van der Waals surface area contributed by atoms with E-state index in [1.807, 2.05) is 54.6 Å². The van der Waals surface area contributed by atoms with E-state index in [0.717, 1.165) is 32.0 Å². The van der Waals surface area contributed by atoms with Gasteiger partial charge in [-0.2, -0.15) is 0 Å². The van der Waals surface area contributed by atoms with Crippen LogP contribution in [-0.4, -0.2) is 9.91 Å². The highest BCUT2D eigenvalue weighted by molar-refractivity contribution is 7.99. The minimum absolute atomic E-state index is 0.0876. The molecule has 0 saturated carbocycles. The van der Waals surface area contributed by atoms with E-state index in [1.165, 1.54) is 0 Å². The smallest absolute Gasteiger partial charge is 0.271 e. The number of hydrogen-bond acceptors (Lipinski definition) is 3. The summed E-state index contributed by atoms with van der Waals surface area (Å²) >= 11 is 1.66. The van der Waals surface area contributed by atoms with Crippen molar-refractivity contribution in [2.24, 2.45) is 0 Å². The summed E-state index contributed by atoms with van der Waals surface area (Å²) in [5.74, 6) is 0. The molecule has 4 rings (SSSR count). The van der Waals surface area contributed by atoms with Crippen LogP contribution in [0.1, 0.15) is 0 Å². The molecule has 1 heterocycles. The van der Waals surface area contributed by atoms with Crippen molar-refractivity contribution in [2.75, 3.05) is 0 Å². The highest BCUT2D eigenvalue weighted by Crippen LogP contribution is 2.41. The Hall–Kier alpha value is -3.05. The topological polar surface area (TPSA) is 58.9 Å². The van der Waals surface area contributed by atoms with Crippen LogP contribution in [0.15, 0.2) is 88.7 Å². The number of nitrogens with one attached hydrogen (secondary N) is 1. The van der Waals surface area contributed by atoms with E-state index in [0.29, 0.717) is 0 Å². The molecule has 0 aliphatic heterocycles. The molecule has 0 atom stereocenters. The van der Waals surface area contributed by atoms with Gasteiger partial charge in [-0.3, -0.25) is 10.1 Å². The molecule has 0 unspecified atom stereocenters. The summed E-state index contributed by atoms with van der Waals surface area (Å²) in [6, 6.07) is 25.1. The number of nitro benzene ring substituents is 1. The molecular formula is C20H14N2O2S. The van der Waals surface area contributed by atoms with E-state index in [2.05, 4.69) is 17.1 Å². The molecule has 122 valence electrons. The van der Waals surface area contributed by atoms with E-state index in [-0.39, 0.29) is 10.6 Å². The van der Waals surface area contributed by atoms with E-state index >= 15 is 0 Å². The van der Waals surface area contributed by atoms with Crippen LogP contribution in [0.2, 0.25) is 0 Å². The van der Waals surface area contributed by atoms with E-state index in [9.17, 15) is 10.1 Å². The quantitative estimate of drug-likeness (QED) is 0.370. The van der Waals surface area contributed by atoms with Gasteiger partial charge in [-0.15, -0.1) is 0 Å². The Morgan fingerprint density at radius 2 is 1.56 bits per heavy atom. The minimum Gasteiger partial charge on any atom is -0.353 e. The number of nitrogens with zero attached hydrogens (tertiary/aromatic N) is 1. The van der Waals surface area contributed by atoms with Crippen LogP contribution in [0.25, 0.3) is 22.2 Å². The lowest BCUT2D eigenvalue weighted by molar-refractivity contribution is -0.384. The average molecular weight is 346 g/mol. The van der Waals surface area contributed by atoms with Crippen molar-refractivity contribution in [1.82, 2.24) is 4.98 Å². The summed E-state index contributed by atoms with van der Waals surface area (Å²) in [7, 11) is 0. The lowest BCUT2D eigenvalue weighted by Gasteiger charge is -2.05. The molecule has 1 N–H and O–H groups in total. The van der Waals surface area contributed by atoms with Crippen molar-refractivity contribution in [3.05, 3.63) is 89.0 Å². The zero-order valence-electron chi connectivity index (χ0n) is 13.2. The first kappa shape index (κ1) is 15.5. The van der Waals surface area contributed by atoms with Crippen LogP contribution in [-0.2, 0) is 0 Å². The van der Waals surface area contributed by atoms with Gasteiger partial charge in [-0.25, -0.2) is 0 Å². The number of fused-ring (bicyclic) bond motifs is 1. The highest BCUT2D eigenvalue weighted by atomic mass is 32.2. The van der Waals surface area contributed by atoms with Crippen LogP contribution >= 0.6 is 11.8 Å². The molecule has 0 aliphatic carbocycles. The molecule has 1 aromatic heterocycles. The first-order valence-electron chi connectivity index (χ1n) is 7.81. The number of aromatic nitrogens is 1. The Morgan fingerprint density at radius 3 is 2.24 bits per heavy atom. The second-order valence-electron chi connectivity index (χ2n) is 5.60. The van der Waals surface area contributed by atoms with Gasteiger partial charge in [0.25, 0.3) is 5.69 Å². The number of aromatic amines is 1. The summed E-state index contributed by atoms with van der Waals surface area (Å²) in [5, 5.41) is 12.1. The Labute approximate surface area is 148 Å². The molecule has 4 nitrogen and oxygen atoms in total. The van der Waals surface area contributed by atoms with Gasteiger partial charge in [-0.05, 0) is 23.8 Å². The third-order valence-electron chi connectivity index (χ3n) is 3.97. The highest BCUT2D eigenvalue weighted by Gasteiger charge is 2.17. The van der Waals surface area contributed by atoms with E-state index in [4.69, 9.17) is 0 Å². The zero-order chi connectivity index (χ0) is 17.2. The summed E-state index contributed by atoms with van der Waals surface area (Å²) in [4.78, 5) is 16.3. The lowest BCUT2D eigenvalue weighted by atomic mass is 10.1. The molecule has 0 aliphatic rings. The Balaban J connectivity index is 1.92. The predicted molar refractivity (Wildman–Crippen MR) is 101 cm³/mol. The second kappa shape index (κ2) is 6.45. The third-order valence-corrected chi connectivity index (χ3v) is 5.11. The number of hydrogen-bond donors (Lipinski definition) is 1. The van der Waals surface area contributed by atoms with Gasteiger partial charge in [0.1, 0.15) is 0 Å². The number of H-pyrrole nitrogens is 1. The number of non-ortho nitro benzene ring substituents is 1.